The van der Waals surface area contributed by atoms with Crippen LogP contribution in [0.4, 0.5) is 5.69 Å². The molecule has 0 aliphatic carbocycles. The van der Waals surface area contributed by atoms with Crippen molar-refractivity contribution in [3.8, 4) is 0 Å². The van der Waals surface area contributed by atoms with E-state index >= 15 is 0 Å². The maximum atomic E-state index is 11.9. The first-order valence-electron chi connectivity index (χ1n) is 4.67. The molecule has 0 aromatic heterocycles. The molecule has 2 rings (SSSR count). The summed E-state index contributed by atoms with van der Waals surface area (Å²) >= 11 is 5.86. The highest BCUT2D eigenvalue weighted by molar-refractivity contribution is 7.91. The monoisotopic (exact) mass is 245 g/mol. The molecule has 1 aromatic carbocycles. The van der Waals surface area contributed by atoms with Gasteiger partial charge in [-0.3, -0.25) is 0 Å². The van der Waals surface area contributed by atoms with Crippen molar-refractivity contribution in [2.75, 3.05) is 17.7 Å². The van der Waals surface area contributed by atoms with E-state index in [0.29, 0.717) is 15.6 Å². The van der Waals surface area contributed by atoms with Gasteiger partial charge in [-0.05, 0) is 25.1 Å². The molecule has 15 heavy (non-hydrogen) atoms. The number of benzene rings is 1. The molecule has 0 saturated carbocycles. The van der Waals surface area contributed by atoms with Crippen molar-refractivity contribution >= 4 is 27.1 Å². The van der Waals surface area contributed by atoms with Crippen LogP contribution in [0.25, 0.3) is 0 Å². The second-order valence-corrected chi connectivity index (χ2v) is 6.29. The number of sulfone groups is 1. The first kappa shape index (κ1) is 10.8. The van der Waals surface area contributed by atoms with Crippen LogP contribution in [0, 0.1) is 0 Å². The molecule has 0 radical (unpaired) electrons. The molecule has 1 heterocycles. The highest BCUT2D eigenvalue weighted by Crippen LogP contribution is 2.34. The minimum atomic E-state index is -3.14. The second kappa shape index (κ2) is 3.39. The summed E-state index contributed by atoms with van der Waals surface area (Å²) in [5.74, 6) is 0.165. The minimum Gasteiger partial charge on any atom is -0.370 e. The van der Waals surface area contributed by atoms with Crippen LogP contribution >= 0.6 is 11.6 Å². The zero-order chi connectivity index (χ0) is 11.2. The smallest absolute Gasteiger partial charge is 0.182 e. The number of hydrogen-bond acceptors (Lipinski definition) is 3. The van der Waals surface area contributed by atoms with Gasteiger partial charge in [0.1, 0.15) is 0 Å². The van der Waals surface area contributed by atoms with Crippen LogP contribution in [0.1, 0.15) is 6.92 Å². The summed E-state index contributed by atoms with van der Waals surface area (Å²) in [6, 6.07) is 4.88. The van der Waals surface area contributed by atoms with Crippen LogP contribution in [0.3, 0.4) is 0 Å². The number of nitrogens with zero attached hydrogens (tertiary/aromatic N) is 1. The molecule has 3 nitrogen and oxygen atoms in total. The Morgan fingerprint density at radius 3 is 2.80 bits per heavy atom. The highest BCUT2D eigenvalue weighted by Gasteiger charge is 2.31. The van der Waals surface area contributed by atoms with Gasteiger partial charge in [-0.2, -0.15) is 0 Å². The van der Waals surface area contributed by atoms with E-state index in [0.717, 1.165) is 0 Å². The van der Waals surface area contributed by atoms with Crippen LogP contribution in [-0.4, -0.2) is 27.3 Å². The molecular weight excluding hydrogens is 234 g/mol. The lowest BCUT2D eigenvalue weighted by molar-refractivity contribution is 0.579. The van der Waals surface area contributed by atoms with Gasteiger partial charge in [0.05, 0.1) is 16.3 Å². The largest absolute Gasteiger partial charge is 0.370 e. The molecule has 1 atom stereocenters. The maximum absolute atomic E-state index is 11.9. The van der Waals surface area contributed by atoms with Crippen molar-refractivity contribution in [2.24, 2.45) is 0 Å². The molecule has 1 aromatic rings. The Labute approximate surface area is 94.6 Å². The normalized spacial score (nSPS) is 23.7. The van der Waals surface area contributed by atoms with E-state index in [1.807, 2.05) is 18.9 Å². The number of anilines is 1. The highest BCUT2D eigenvalue weighted by atomic mass is 35.5. The summed E-state index contributed by atoms with van der Waals surface area (Å²) in [6.45, 7) is 1.89. The van der Waals surface area contributed by atoms with Gasteiger partial charge in [-0.15, -0.1) is 0 Å². The Kier molecular flexibility index (Phi) is 2.43. The molecule has 0 fully saturated rings. The van der Waals surface area contributed by atoms with E-state index in [9.17, 15) is 8.42 Å². The SMILES string of the molecule is CC1CS(=O)(=O)c2ccc(Cl)cc2N1C. The van der Waals surface area contributed by atoms with Crippen LogP contribution < -0.4 is 4.90 Å². The van der Waals surface area contributed by atoms with Gasteiger partial charge in [0, 0.05) is 18.1 Å². The summed E-state index contributed by atoms with van der Waals surface area (Å²) in [7, 11) is -1.26. The van der Waals surface area contributed by atoms with Crippen molar-refractivity contribution < 1.29 is 8.42 Å². The van der Waals surface area contributed by atoms with Gasteiger partial charge in [-0.1, -0.05) is 11.6 Å². The fourth-order valence-electron chi connectivity index (χ4n) is 1.79. The lowest BCUT2D eigenvalue weighted by Crippen LogP contribution is -2.40. The lowest BCUT2D eigenvalue weighted by Gasteiger charge is -2.33. The fraction of sp³-hybridized carbons (Fsp3) is 0.400. The summed E-state index contributed by atoms with van der Waals surface area (Å²) < 4.78 is 23.7. The van der Waals surface area contributed by atoms with Crippen molar-refractivity contribution in [3.05, 3.63) is 23.2 Å². The minimum absolute atomic E-state index is 0.0130. The number of hydrogen-bond donors (Lipinski definition) is 0. The average molecular weight is 246 g/mol. The molecule has 0 N–H and O–H groups in total. The maximum Gasteiger partial charge on any atom is 0.182 e. The predicted octanol–water partition coefficient (Wildman–Crippen LogP) is 1.95. The first-order valence-corrected chi connectivity index (χ1v) is 6.70. The van der Waals surface area contributed by atoms with Crippen molar-refractivity contribution in [2.45, 2.75) is 17.9 Å². The summed E-state index contributed by atoms with van der Waals surface area (Å²) in [5.41, 5.74) is 0.696. The topological polar surface area (TPSA) is 37.4 Å². The molecule has 5 heteroatoms. The van der Waals surface area contributed by atoms with Crippen LogP contribution in [-0.2, 0) is 9.84 Å². The Hall–Kier alpha value is -0.740. The third-order valence-electron chi connectivity index (χ3n) is 2.76. The van der Waals surface area contributed by atoms with Gasteiger partial charge in [0.25, 0.3) is 0 Å². The van der Waals surface area contributed by atoms with Crippen molar-refractivity contribution in [1.82, 2.24) is 0 Å². The van der Waals surface area contributed by atoms with E-state index in [2.05, 4.69) is 0 Å². The van der Waals surface area contributed by atoms with Crippen molar-refractivity contribution in [3.63, 3.8) is 0 Å². The molecule has 0 saturated heterocycles. The average Bonchev–Trinajstić information content (AvgIpc) is 2.13. The van der Waals surface area contributed by atoms with E-state index < -0.39 is 9.84 Å². The summed E-state index contributed by atoms with van der Waals surface area (Å²) in [5, 5.41) is 0.560. The second-order valence-electron chi connectivity index (χ2n) is 3.85. The first-order chi connectivity index (χ1) is 6.92. The fourth-order valence-corrected chi connectivity index (χ4v) is 3.79. The number of fused-ring (bicyclic) bond motifs is 1. The van der Waals surface area contributed by atoms with E-state index in [-0.39, 0.29) is 11.8 Å². The third kappa shape index (κ3) is 1.72. The summed E-state index contributed by atoms with van der Waals surface area (Å²) in [4.78, 5) is 2.33. The van der Waals surface area contributed by atoms with Gasteiger partial charge < -0.3 is 4.90 Å². The molecule has 1 aliphatic rings. The Balaban J connectivity index is 2.70. The zero-order valence-electron chi connectivity index (χ0n) is 8.57. The van der Waals surface area contributed by atoms with E-state index in [1.54, 1.807) is 18.2 Å². The van der Waals surface area contributed by atoms with Crippen LogP contribution in [0.2, 0.25) is 5.02 Å². The van der Waals surface area contributed by atoms with Crippen LogP contribution in [0.15, 0.2) is 23.1 Å². The number of rotatable bonds is 0. The zero-order valence-corrected chi connectivity index (χ0v) is 10.1. The van der Waals surface area contributed by atoms with E-state index in [1.165, 1.54) is 0 Å². The Bertz CT molecular complexity index is 498. The van der Waals surface area contributed by atoms with Gasteiger partial charge in [0.15, 0.2) is 9.84 Å². The molecule has 0 bridgehead atoms. The van der Waals surface area contributed by atoms with Gasteiger partial charge >= 0.3 is 0 Å². The molecule has 0 amide bonds. The Morgan fingerprint density at radius 2 is 2.13 bits per heavy atom. The molecule has 0 spiro atoms. The standard InChI is InChI=1S/C10H12ClNO2S/c1-7-6-15(13,14)10-4-3-8(11)5-9(10)12(7)2/h3-5,7H,6H2,1-2H3. The predicted molar refractivity (Wildman–Crippen MR) is 61.4 cm³/mol. The van der Waals surface area contributed by atoms with E-state index in [4.69, 9.17) is 11.6 Å². The molecule has 1 aliphatic heterocycles. The Morgan fingerprint density at radius 1 is 1.47 bits per heavy atom. The van der Waals surface area contributed by atoms with Gasteiger partial charge in [0.2, 0.25) is 0 Å². The molecular formula is C10H12ClNO2S. The van der Waals surface area contributed by atoms with Crippen molar-refractivity contribution in [1.29, 1.82) is 0 Å². The van der Waals surface area contributed by atoms with Gasteiger partial charge in [-0.25, -0.2) is 8.42 Å². The summed E-state index contributed by atoms with van der Waals surface area (Å²) in [6.07, 6.45) is 0. The van der Waals surface area contributed by atoms with Crippen LogP contribution in [0.5, 0.6) is 0 Å². The third-order valence-corrected chi connectivity index (χ3v) is 4.93. The number of halogens is 1. The molecule has 1 unspecified atom stereocenters. The quantitative estimate of drug-likeness (QED) is 0.701. The lowest BCUT2D eigenvalue weighted by atomic mass is 10.2. The molecule has 82 valence electrons.